The van der Waals surface area contributed by atoms with E-state index in [1.165, 1.54) is 33.9 Å². The number of aryl methyl sites for hydroxylation is 1. The second-order valence-corrected chi connectivity index (χ2v) is 6.29. The van der Waals surface area contributed by atoms with Crippen molar-refractivity contribution >= 4 is 31.8 Å². The summed E-state index contributed by atoms with van der Waals surface area (Å²) in [5, 5.41) is 0.484. The lowest BCUT2D eigenvalue weighted by molar-refractivity contribution is 0.964. The number of hydrogen-bond donors (Lipinski definition) is 1. The Morgan fingerprint density at radius 3 is 2.70 bits per heavy atom. The summed E-state index contributed by atoms with van der Waals surface area (Å²) in [6, 6.07) is 9.27. The van der Waals surface area contributed by atoms with Crippen molar-refractivity contribution in [1.82, 2.24) is 14.5 Å². The van der Waals surface area contributed by atoms with Crippen LogP contribution in [0.4, 0.5) is 0 Å². The van der Waals surface area contributed by atoms with Crippen LogP contribution in [-0.4, -0.2) is 14.5 Å². The number of rotatable bonds is 2. The summed E-state index contributed by atoms with van der Waals surface area (Å²) in [4.78, 5) is 32.9. The predicted octanol–water partition coefficient (Wildman–Crippen LogP) is 2.85. The lowest BCUT2D eigenvalue weighted by Crippen LogP contribution is -2.17. The van der Waals surface area contributed by atoms with Crippen molar-refractivity contribution in [3.63, 3.8) is 0 Å². The third-order valence-electron chi connectivity index (χ3n) is 3.92. The van der Waals surface area contributed by atoms with Gasteiger partial charge in [-0.25, -0.2) is 4.98 Å². The number of thiophene rings is 1. The van der Waals surface area contributed by atoms with Gasteiger partial charge < -0.3 is 4.98 Å². The molecule has 3 heterocycles. The molecule has 1 N–H and O–H groups in total. The van der Waals surface area contributed by atoms with Gasteiger partial charge in [-0.05, 0) is 24.1 Å². The first-order valence-corrected chi connectivity index (χ1v) is 8.11. The van der Waals surface area contributed by atoms with E-state index < -0.39 is 0 Å². The number of fused-ring (bicyclic) bond motifs is 3. The van der Waals surface area contributed by atoms with Crippen molar-refractivity contribution in [1.29, 1.82) is 0 Å². The minimum absolute atomic E-state index is 0.123. The maximum absolute atomic E-state index is 12.8. The number of aromatic nitrogens is 3. The number of H-pyrrole nitrogens is 1. The van der Waals surface area contributed by atoms with Gasteiger partial charge in [0.15, 0.2) is 5.43 Å². The molecule has 0 aliphatic carbocycles. The highest BCUT2D eigenvalue weighted by Crippen LogP contribution is 2.26. The first-order valence-electron chi connectivity index (χ1n) is 7.30. The minimum Gasteiger partial charge on any atom is -0.353 e. The zero-order chi connectivity index (χ0) is 16.0. The molecule has 0 aliphatic heterocycles. The van der Waals surface area contributed by atoms with E-state index in [2.05, 4.69) is 16.9 Å². The van der Waals surface area contributed by atoms with Crippen LogP contribution in [0.25, 0.3) is 26.1 Å². The Morgan fingerprint density at radius 2 is 1.96 bits per heavy atom. The van der Waals surface area contributed by atoms with Crippen molar-refractivity contribution in [2.24, 2.45) is 0 Å². The molecular formula is C17H13N3O2S. The molecule has 0 saturated heterocycles. The van der Waals surface area contributed by atoms with Crippen LogP contribution in [0.15, 0.2) is 52.4 Å². The Hall–Kier alpha value is -2.73. The SMILES string of the molecule is CCc1ccc(-n2cnc3c(sc4[nH]ccc(=O)c43)c2=O)cc1. The fraction of sp³-hybridized carbons (Fsp3) is 0.118. The molecule has 1 aromatic carbocycles. The summed E-state index contributed by atoms with van der Waals surface area (Å²) < 4.78 is 2.00. The van der Waals surface area contributed by atoms with Gasteiger partial charge in [-0.3, -0.25) is 14.2 Å². The van der Waals surface area contributed by atoms with E-state index in [1.807, 2.05) is 24.3 Å². The number of nitrogens with one attached hydrogen (secondary N) is 1. The van der Waals surface area contributed by atoms with Crippen molar-refractivity contribution in [3.8, 4) is 5.69 Å². The Bertz CT molecular complexity index is 1140. The van der Waals surface area contributed by atoms with E-state index >= 15 is 0 Å². The highest BCUT2D eigenvalue weighted by Gasteiger charge is 2.14. The van der Waals surface area contributed by atoms with Gasteiger partial charge >= 0.3 is 0 Å². The molecule has 5 nitrogen and oxygen atoms in total. The highest BCUT2D eigenvalue weighted by molar-refractivity contribution is 7.25. The van der Waals surface area contributed by atoms with Crippen molar-refractivity contribution in [3.05, 3.63) is 69.0 Å². The predicted molar refractivity (Wildman–Crippen MR) is 92.7 cm³/mol. The molecule has 0 fully saturated rings. The number of aromatic amines is 1. The molecule has 0 spiro atoms. The van der Waals surface area contributed by atoms with Crippen molar-refractivity contribution in [2.45, 2.75) is 13.3 Å². The molecule has 0 atom stereocenters. The third kappa shape index (κ3) is 2.10. The molecule has 0 radical (unpaired) electrons. The molecule has 114 valence electrons. The first-order chi connectivity index (χ1) is 11.2. The standard InChI is InChI=1S/C17H13N3O2S/c1-2-10-3-5-11(6-4-10)20-9-19-14-13-12(21)7-8-18-16(13)23-15(14)17(20)22/h3-9H,2H2,1H3,(H,18,21). The number of nitrogens with zero attached hydrogens (tertiary/aromatic N) is 2. The smallest absolute Gasteiger partial charge is 0.275 e. The van der Waals surface area contributed by atoms with E-state index in [-0.39, 0.29) is 11.0 Å². The maximum Gasteiger partial charge on any atom is 0.275 e. The van der Waals surface area contributed by atoms with Gasteiger partial charge in [0.2, 0.25) is 0 Å². The zero-order valence-electron chi connectivity index (χ0n) is 12.4. The lowest BCUT2D eigenvalue weighted by Gasteiger charge is -2.05. The molecule has 0 unspecified atom stereocenters. The second-order valence-electron chi connectivity index (χ2n) is 5.27. The maximum atomic E-state index is 12.8. The normalized spacial score (nSPS) is 11.3. The molecular weight excluding hydrogens is 310 g/mol. The molecule has 0 saturated carbocycles. The van der Waals surface area contributed by atoms with E-state index in [4.69, 9.17) is 0 Å². The van der Waals surface area contributed by atoms with E-state index in [0.717, 1.165) is 12.1 Å². The largest absolute Gasteiger partial charge is 0.353 e. The Kier molecular flexibility index (Phi) is 3.12. The monoisotopic (exact) mass is 323 g/mol. The average Bonchev–Trinajstić information content (AvgIpc) is 2.96. The van der Waals surface area contributed by atoms with Crippen LogP contribution in [0.5, 0.6) is 0 Å². The molecule has 0 amide bonds. The minimum atomic E-state index is -0.159. The van der Waals surface area contributed by atoms with Crippen LogP contribution in [0, 0.1) is 0 Å². The van der Waals surface area contributed by atoms with Gasteiger partial charge in [0.25, 0.3) is 5.56 Å². The molecule has 0 bridgehead atoms. The third-order valence-corrected chi connectivity index (χ3v) is 5.01. The fourth-order valence-corrected chi connectivity index (χ4v) is 3.72. The van der Waals surface area contributed by atoms with Crippen LogP contribution in [0.2, 0.25) is 0 Å². The quantitative estimate of drug-likeness (QED) is 0.617. The van der Waals surface area contributed by atoms with E-state index in [0.29, 0.717) is 20.4 Å². The number of benzene rings is 1. The Labute approximate surface area is 134 Å². The number of pyridine rings is 1. The Balaban J connectivity index is 2.01. The van der Waals surface area contributed by atoms with Gasteiger partial charge in [-0.1, -0.05) is 19.1 Å². The lowest BCUT2D eigenvalue weighted by atomic mass is 10.1. The topological polar surface area (TPSA) is 67.8 Å². The molecule has 6 heteroatoms. The van der Waals surface area contributed by atoms with Crippen LogP contribution < -0.4 is 11.0 Å². The van der Waals surface area contributed by atoms with E-state index in [1.54, 1.807) is 6.20 Å². The molecule has 4 rings (SSSR count). The highest BCUT2D eigenvalue weighted by atomic mass is 32.1. The van der Waals surface area contributed by atoms with Crippen molar-refractivity contribution in [2.75, 3.05) is 0 Å². The summed E-state index contributed by atoms with van der Waals surface area (Å²) >= 11 is 1.27. The van der Waals surface area contributed by atoms with Crippen LogP contribution >= 0.6 is 11.3 Å². The summed E-state index contributed by atoms with van der Waals surface area (Å²) in [5.74, 6) is 0. The fourth-order valence-electron chi connectivity index (χ4n) is 2.65. The first kappa shape index (κ1) is 13.9. The molecule has 3 aromatic heterocycles. The molecule has 23 heavy (non-hydrogen) atoms. The molecule has 0 aliphatic rings. The van der Waals surface area contributed by atoms with Crippen LogP contribution in [0.1, 0.15) is 12.5 Å². The van der Waals surface area contributed by atoms with Gasteiger partial charge in [0.1, 0.15) is 21.4 Å². The summed E-state index contributed by atoms with van der Waals surface area (Å²) in [5.41, 5.74) is 2.17. The van der Waals surface area contributed by atoms with Crippen LogP contribution in [-0.2, 0) is 6.42 Å². The average molecular weight is 323 g/mol. The van der Waals surface area contributed by atoms with Gasteiger partial charge in [0.05, 0.1) is 11.1 Å². The summed E-state index contributed by atoms with van der Waals surface area (Å²) in [7, 11) is 0. The second kappa shape index (κ2) is 5.17. The van der Waals surface area contributed by atoms with Gasteiger partial charge in [-0.15, -0.1) is 11.3 Å². The van der Waals surface area contributed by atoms with Crippen LogP contribution in [0.3, 0.4) is 0 Å². The van der Waals surface area contributed by atoms with Gasteiger partial charge in [-0.2, -0.15) is 0 Å². The Morgan fingerprint density at radius 1 is 1.17 bits per heavy atom. The summed E-state index contributed by atoms with van der Waals surface area (Å²) in [6.45, 7) is 2.09. The van der Waals surface area contributed by atoms with Gasteiger partial charge in [0, 0.05) is 12.3 Å². The summed E-state index contributed by atoms with van der Waals surface area (Å²) in [6.07, 6.45) is 4.02. The van der Waals surface area contributed by atoms with E-state index in [9.17, 15) is 9.59 Å². The molecule has 4 aromatic rings. The zero-order valence-corrected chi connectivity index (χ0v) is 13.2. The number of hydrogen-bond acceptors (Lipinski definition) is 4. The van der Waals surface area contributed by atoms with Crippen molar-refractivity contribution < 1.29 is 0 Å².